The quantitative estimate of drug-likeness (QED) is 0.00766. The van der Waals surface area contributed by atoms with Gasteiger partial charge in [0.15, 0.2) is 16.6 Å². The number of benzene rings is 6. The van der Waals surface area contributed by atoms with E-state index < -0.39 is 75.0 Å². The number of carbonyl (C=O) groups is 12. The molecule has 0 bridgehead atoms. The Hall–Kier alpha value is -11.1. The molecule has 3 heterocycles. The highest BCUT2D eigenvalue weighted by atomic mass is 16.2. The lowest BCUT2D eigenvalue weighted by molar-refractivity contribution is -0.132. The second-order valence-electron chi connectivity index (χ2n) is 25.1. The third-order valence-electron chi connectivity index (χ3n) is 17.5. The van der Waals surface area contributed by atoms with Gasteiger partial charge in [-0.1, -0.05) is 36.4 Å². The van der Waals surface area contributed by atoms with Gasteiger partial charge in [0.25, 0.3) is 35.4 Å². The molecule has 6 aromatic carbocycles. The van der Waals surface area contributed by atoms with Crippen molar-refractivity contribution in [1.82, 2.24) is 0 Å². The first-order valence-electron chi connectivity index (χ1n) is 32.6. The van der Waals surface area contributed by atoms with Crippen LogP contribution in [0.15, 0.2) is 161 Å². The molecule has 0 saturated carbocycles. The molecule has 100 heavy (non-hydrogen) atoms. The van der Waals surface area contributed by atoms with E-state index in [0.717, 1.165) is 0 Å². The molecule has 3 aliphatic heterocycles. The van der Waals surface area contributed by atoms with Crippen molar-refractivity contribution in [2.45, 2.75) is 120 Å². The molecule has 3 aliphatic rings. The number of nitrogens with one attached hydrogen (secondary N) is 3. The van der Waals surface area contributed by atoms with E-state index in [0.29, 0.717) is 70.2 Å². The van der Waals surface area contributed by atoms with Crippen LogP contribution in [0.5, 0.6) is 0 Å². The number of unbranched alkanes of at least 4 members (excludes halogenated alkanes) is 3. The maximum absolute atomic E-state index is 14.4. The summed E-state index contributed by atoms with van der Waals surface area (Å²) in [5.41, 5.74) is 35.4. The number of ketones is 6. The van der Waals surface area contributed by atoms with Gasteiger partial charge in [0.2, 0.25) is 34.7 Å². The second kappa shape index (κ2) is 31.6. The minimum Gasteiger partial charge on any atom is -0.330 e. The van der Waals surface area contributed by atoms with Gasteiger partial charge in [0.1, 0.15) is 0 Å². The van der Waals surface area contributed by atoms with Crippen LogP contribution in [0.25, 0.3) is 0 Å². The number of carbonyl (C=O) groups excluding carboxylic acids is 12. The van der Waals surface area contributed by atoms with E-state index in [-0.39, 0.29) is 129 Å². The molecule has 518 valence electrons. The van der Waals surface area contributed by atoms with Crippen LogP contribution >= 0.6 is 0 Å². The number of hydrazone groups is 3. The Morgan fingerprint density at radius 2 is 0.600 bits per heavy atom. The van der Waals surface area contributed by atoms with E-state index in [1.807, 2.05) is 0 Å². The molecule has 6 aromatic rings. The van der Waals surface area contributed by atoms with Gasteiger partial charge in [0.05, 0.1) is 36.3 Å². The summed E-state index contributed by atoms with van der Waals surface area (Å²) in [4.78, 5) is 165. The maximum Gasteiger partial charge on any atom is 0.253 e. The van der Waals surface area contributed by atoms with Crippen LogP contribution < -0.4 is 65.4 Å². The van der Waals surface area contributed by atoms with Crippen LogP contribution in [0, 0.1) is 0 Å². The summed E-state index contributed by atoms with van der Waals surface area (Å²) in [6, 6.07) is 36.3. The molecule has 27 heteroatoms. The van der Waals surface area contributed by atoms with Crippen LogP contribution in [-0.2, 0) is 43.2 Å². The normalized spacial score (nSPS) is 15.5. The fourth-order valence-electron chi connectivity index (χ4n) is 11.8. The molecule has 0 aromatic heterocycles. The molecule has 9 rings (SSSR count). The highest BCUT2D eigenvalue weighted by molar-refractivity contribution is 6.52. The van der Waals surface area contributed by atoms with Gasteiger partial charge in [-0.25, -0.2) is 15.0 Å². The van der Waals surface area contributed by atoms with E-state index in [9.17, 15) is 57.5 Å². The van der Waals surface area contributed by atoms with Gasteiger partial charge in [-0.3, -0.25) is 57.5 Å². The smallest absolute Gasteiger partial charge is 0.253 e. The number of Topliss-reactive ketones (excluding diaryl/α,β-unsaturated/α-hetero) is 6. The molecule has 6 amide bonds. The van der Waals surface area contributed by atoms with Crippen molar-refractivity contribution < 1.29 is 57.5 Å². The molecular formula is C73H79N15O12. The molecule has 15 N–H and O–H groups in total. The summed E-state index contributed by atoms with van der Waals surface area (Å²) >= 11 is 0. The highest BCUT2D eigenvalue weighted by Gasteiger charge is 2.48. The Morgan fingerprint density at radius 1 is 0.370 bits per heavy atom. The summed E-state index contributed by atoms with van der Waals surface area (Å²) in [7, 11) is 0. The molecule has 3 atom stereocenters. The molecule has 27 nitrogen and oxygen atoms in total. The van der Waals surface area contributed by atoms with Crippen molar-refractivity contribution in [3.63, 3.8) is 0 Å². The molecule has 0 spiro atoms. The van der Waals surface area contributed by atoms with Gasteiger partial charge < -0.3 is 50.4 Å². The fraction of sp³-hybridized carbons (Fsp3) is 0.301. The van der Waals surface area contributed by atoms with E-state index in [1.165, 1.54) is 87.8 Å². The standard InChI is InChI=1S/C73H79N15O12/c1-43-40-58(89)86(83-43)55-28-16-49(17-29-55)62(92)65(95)71(77,34-4-7-37-74)68(98)80-52-22-10-46(11-23-52)61(47-12-24-53(25-13-47)81-69(99)72(78,35-5-8-38-75)66(96)63(93)50-18-30-56(31-19-50)87-59(90)41-44(2)84-87)48-14-26-54(27-15-48)82-70(100)73(79,36-6-9-39-76)67(97)64(94)51-20-32-57(33-21-51)88-60(91)42-45(3)85-88/h10-33,61H,4-9,34-42,74-79H2,1-3H3,(H,80,98)(H,81,99)(H,82,100)/t71-,72-,73-/m0/s1. The first-order valence-corrected chi connectivity index (χ1v) is 32.6. The lowest BCUT2D eigenvalue weighted by Crippen LogP contribution is -2.59. The first kappa shape index (κ1) is 73.2. The van der Waals surface area contributed by atoms with Gasteiger partial charge in [-0.15, -0.1) is 0 Å². The number of hydrogen-bond donors (Lipinski definition) is 9. The lowest BCUT2D eigenvalue weighted by Gasteiger charge is -2.27. The zero-order chi connectivity index (χ0) is 72.2. The number of hydrogen-bond acceptors (Lipinski definition) is 21. The average molecular weight is 1360 g/mol. The lowest BCUT2D eigenvalue weighted by atomic mass is 9.83. The van der Waals surface area contributed by atoms with E-state index >= 15 is 0 Å². The van der Waals surface area contributed by atoms with Crippen LogP contribution in [0.4, 0.5) is 34.1 Å². The second-order valence-corrected chi connectivity index (χ2v) is 25.1. The minimum atomic E-state index is -2.36. The van der Waals surface area contributed by atoms with Crippen LogP contribution in [0.3, 0.4) is 0 Å². The Bertz CT molecular complexity index is 3860. The molecular weight excluding hydrogens is 1280 g/mol. The predicted octanol–water partition coefficient (Wildman–Crippen LogP) is 5.86. The van der Waals surface area contributed by atoms with Crippen molar-refractivity contribution in [2.75, 3.05) is 50.6 Å². The third kappa shape index (κ3) is 16.2. The largest absolute Gasteiger partial charge is 0.330 e. The zero-order valence-electron chi connectivity index (χ0n) is 55.6. The van der Waals surface area contributed by atoms with Crippen molar-refractivity contribution >= 4 is 121 Å². The number of nitrogens with zero attached hydrogens (tertiary/aromatic N) is 6. The number of nitrogens with two attached hydrogens (primary N) is 6. The zero-order valence-corrected chi connectivity index (χ0v) is 55.6. The Kier molecular flexibility index (Phi) is 23.2. The number of anilines is 6. The monoisotopic (exact) mass is 1360 g/mol. The molecule has 0 unspecified atom stereocenters. The predicted molar refractivity (Wildman–Crippen MR) is 379 cm³/mol. The summed E-state index contributed by atoms with van der Waals surface area (Å²) in [6.07, 6.45) is 1.44. The topological polar surface area (TPSA) is 444 Å². The van der Waals surface area contributed by atoms with Gasteiger partial charge in [-0.05, 0) is 224 Å². The fourth-order valence-corrected chi connectivity index (χ4v) is 11.8. The Morgan fingerprint density at radius 3 is 0.800 bits per heavy atom. The molecule has 0 radical (unpaired) electrons. The average Bonchev–Trinajstić information content (AvgIpc) is 1.13. The maximum atomic E-state index is 14.4. The van der Waals surface area contributed by atoms with Crippen molar-refractivity contribution in [2.24, 2.45) is 49.7 Å². The summed E-state index contributed by atoms with van der Waals surface area (Å²) < 4.78 is 0. The number of amides is 6. The summed E-state index contributed by atoms with van der Waals surface area (Å²) in [5.74, 6) is -11.1. The Labute approximate surface area is 576 Å². The first-order chi connectivity index (χ1) is 47.7. The van der Waals surface area contributed by atoms with Crippen LogP contribution in [-0.4, -0.2) is 124 Å². The van der Waals surface area contributed by atoms with Crippen molar-refractivity contribution in [3.8, 4) is 0 Å². The van der Waals surface area contributed by atoms with E-state index in [2.05, 4.69) is 31.3 Å². The molecule has 0 fully saturated rings. The number of rotatable bonds is 33. The van der Waals surface area contributed by atoms with Crippen molar-refractivity contribution in [1.29, 1.82) is 0 Å². The van der Waals surface area contributed by atoms with Gasteiger partial charge in [0, 0.05) is 56.8 Å². The van der Waals surface area contributed by atoms with E-state index in [1.54, 1.807) is 93.6 Å². The van der Waals surface area contributed by atoms with Gasteiger partial charge >= 0.3 is 0 Å². The third-order valence-corrected chi connectivity index (χ3v) is 17.5. The van der Waals surface area contributed by atoms with E-state index in [4.69, 9.17) is 34.4 Å². The summed E-state index contributed by atoms with van der Waals surface area (Å²) in [6.45, 7) is 5.77. The van der Waals surface area contributed by atoms with Crippen molar-refractivity contribution in [3.05, 3.63) is 179 Å². The van der Waals surface area contributed by atoms with Crippen LogP contribution in [0.2, 0.25) is 0 Å². The summed E-state index contributed by atoms with van der Waals surface area (Å²) in [5, 5.41) is 24.4. The minimum absolute atomic E-state index is 0.0733. The highest BCUT2D eigenvalue weighted by Crippen LogP contribution is 2.36. The Balaban J connectivity index is 0.986. The van der Waals surface area contributed by atoms with Crippen LogP contribution in [0.1, 0.15) is 152 Å². The SMILES string of the molecule is CC1=NN(c2ccc(C(=O)C(=O)[C@@](N)(CCCCN)C(=O)Nc3ccc(C(c4ccc(NC(=O)[C@](N)(CCCCN)C(=O)C(=O)c5ccc(N6N=C(C)CC6=O)cc5)cc4)c4ccc(NC(=O)[C@](N)(CCCCN)C(=O)C(=O)c5ccc(N6N=C(C)CC6=O)cc5)cc4)cc3)cc2)C(=O)C1. The molecule has 0 aliphatic carbocycles. The van der Waals surface area contributed by atoms with Gasteiger partial charge in [-0.2, -0.15) is 15.3 Å². The molecule has 0 saturated heterocycles.